The third kappa shape index (κ3) is 15.6. The zero-order chi connectivity index (χ0) is 7.54. The standard InChI is InChI=1S/C5H5.2CO.Mo/c1-2-4-5-3-1;2*1-2;/h1-5H;;;/q-1;;;+2. The Bertz CT molecular complexity index is 118. The molecule has 0 unspecified atom stereocenters. The van der Waals surface area contributed by atoms with Crippen LogP contribution in [0.15, 0.2) is 30.3 Å². The van der Waals surface area contributed by atoms with Gasteiger partial charge in [-0.1, -0.05) is 0 Å². The second-order valence-electron chi connectivity index (χ2n) is 0.962. The van der Waals surface area contributed by atoms with Gasteiger partial charge in [-0.25, -0.2) is 12.1 Å². The summed E-state index contributed by atoms with van der Waals surface area (Å²) in [5.41, 5.74) is 0. The fourth-order valence-corrected chi connectivity index (χ4v) is 0.321. The molecular weight excluding hydrogens is 212 g/mol. The van der Waals surface area contributed by atoms with Crippen LogP contribution >= 0.6 is 0 Å². The van der Waals surface area contributed by atoms with E-state index in [0.29, 0.717) is 0 Å². The summed E-state index contributed by atoms with van der Waals surface area (Å²) in [7, 11) is 0. The number of rotatable bonds is 0. The van der Waals surface area contributed by atoms with Crippen LogP contribution in [0.5, 0.6) is 0 Å². The van der Waals surface area contributed by atoms with E-state index >= 15 is 0 Å². The van der Waals surface area contributed by atoms with Gasteiger partial charge in [0, 0.05) is 0 Å². The van der Waals surface area contributed by atoms with Gasteiger partial charge >= 0.3 is 43.7 Å². The molecule has 1 rings (SSSR count). The molecule has 0 N–H and O–H groups in total. The summed E-state index contributed by atoms with van der Waals surface area (Å²) in [6, 6.07) is 10.0. The molecule has 0 amide bonds. The zero-order valence-corrected chi connectivity index (χ0v) is 7.12. The van der Waals surface area contributed by atoms with Crippen LogP contribution < -0.4 is 0 Å². The second-order valence-corrected chi connectivity index (χ2v) is 0.962. The molecule has 3 heteroatoms. The van der Waals surface area contributed by atoms with Crippen molar-refractivity contribution in [2.24, 2.45) is 0 Å². The molecule has 0 spiro atoms. The van der Waals surface area contributed by atoms with E-state index in [9.17, 15) is 0 Å². The van der Waals surface area contributed by atoms with Crippen molar-refractivity contribution in [1.82, 2.24) is 0 Å². The van der Waals surface area contributed by atoms with Crippen molar-refractivity contribution in [1.29, 1.82) is 0 Å². The average Bonchev–Trinajstić information content (AvgIpc) is 2.51. The normalized spacial score (nSPS) is 4.40. The Morgan fingerprint density at radius 3 is 1.30 bits per heavy atom. The van der Waals surface area contributed by atoms with Gasteiger partial charge in [0.15, 0.2) is 0 Å². The van der Waals surface area contributed by atoms with Gasteiger partial charge in [-0.05, 0) is 0 Å². The molecule has 0 saturated heterocycles. The predicted molar refractivity (Wildman–Crippen MR) is 29.9 cm³/mol. The zero-order valence-electron chi connectivity index (χ0n) is 5.11. The Labute approximate surface area is 74.3 Å². The average molecular weight is 217 g/mol. The molecule has 0 saturated carbocycles. The molecule has 0 fully saturated rings. The summed E-state index contributed by atoms with van der Waals surface area (Å²) in [6.45, 7) is 9.00. The smallest absolute Gasteiger partial charge is 0.214 e. The molecule has 1 aromatic rings. The molecule has 1 aromatic carbocycles. The molecule has 0 heterocycles. The van der Waals surface area contributed by atoms with Gasteiger partial charge in [0.2, 0.25) is 0 Å². The van der Waals surface area contributed by atoms with Crippen LogP contribution in [-0.4, -0.2) is 0 Å². The summed E-state index contributed by atoms with van der Waals surface area (Å²) in [4.78, 5) is 0. The molecule has 50 valence electrons. The van der Waals surface area contributed by atoms with E-state index in [1.165, 1.54) is 0 Å². The van der Waals surface area contributed by atoms with Crippen molar-refractivity contribution in [3.63, 3.8) is 0 Å². The van der Waals surface area contributed by atoms with Crippen molar-refractivity contribution in [2.75, 3.05) is 0 Å². The Morgan fingerprint density at radius 2 is 1.20 bits per heavy atom. The van der Waals surface area contributed by atoms with E-state index in [1.807, 2.05) is 30.3 Å². The SMILES string of the molecule is [C-]#[O+].[C-]#[O+].[Mo+2].c1cc[cH-]c1. The van der Waals surface area contributed by atoms with E-state index in [2.05, 4.69) is 13.3 Å². The Kier molecular flexibility index (Phi) is 38.3. The molecule has 0 aliphatic rings. The Hall–Kier alpha value is -0.482. The van der Waals surface area contributed by atoms with Crippen LogP contribution in [0.25, 0.3) is 0 Å². The molecule has 0 aromatic heterocycles. The summed E-state index contributed by atoms with van der Waals surface area (Å²) in [5, 5.41) is 0. The van der Waals surface area contributed by atoms with Crippen molar-refractivity contribution in [3.05, 3.63) is 43.6 Å². The van der Waals surface area contributed by atoms with Crippen molar-refractivity contribution >= 4 is 0 Å². The first kappa shape index (κ1) is 16.3. The second kappa shape index (κ2) is 23.6. The van der Waals surface area contributed by atoms with Gasteiger partial charge in [-0.15, -0.1) is 0 Å². The maximum atomic E-state index is 7.50. The van der Waals surface area contributed by atoms with Gasteiger partial charge < -0.3 is 0 Å². The maximum Gasteiger partial charge on any atom is 2.00 e. The molecule has 0 aliphatic carbocycles. The van der Waals surface area contributed by atoms with Crippen LogP contribution in [0.3, 0.4) is 0 Å². The molecule has 0 bridgehead atoms. The van der Waals surface area contributed by atoms with E-state index < -0.39 is 0 Å². The van der Waals surface area contributed by atoms with Crippen LogP contribution in [0.1, 0.15) is 0 Å². The van der Waals surface area contributed by atoms with Gasteiger partial charge in [-0.2, -0.15) is 18.2 Å². The molecule has 0 atom stereocenters. The van der Waals surface area contributed by atoms with Crippen LogP contribution in [0.2, 0.25) is 0 Å². The van der Waals surface area contributed by atoms with Gasteiger partial charge in [-0.3, -0.25) is 0 Å². The van der Waals surface area contributed by atoms with Crippen LogP contribution in [0, 0.1) is 13.3 Å². The minimum absolute atomic E-state index is 0. The Balaban J connectivity index is -0.0000000875. The van der Waals surface area contributed by atoms with Crippen molar-refractivity contribution in [3.8, 4) is 0 Å². The van der Waals surface area contributed by atoms with Gasteiger partial charge in [0.1, 0.15) is 0 Å². The third-order valence-corrected chi connectivity index (χ3v) is 0.556. The monoisotopic (exact) mass is 219 g/mol. The number of hydrogen-bond acceptors (Lipinski definition) is 0. The summed E-state index contributed by atoms with van der Waals surface area (Å²) in [5.74, 6) is 0. The first-order valence-corrected chi connectivity index (χ1v) is 2.07. The fourth-order valence-electron chi connectivity index (χ4n) is 0.321. The topological polar surface area (TPSA) is 39.8 Å². The third-order valence-electron chi connectivity index (χ3n) is 0.556. The van der Waals surface area contributed by atoms with Crippen molar-refractivity contribution < 1.29 is 30.4 Å². The molecule has 0 radical (unpaired) electrons. The van der Waals surface area contributed by atoms with Crippen LogP contribution in [0.4, 0.5) is 0 Å². The predicted octanol–water partition coefficient (Wildman–Crippen LogP) is 1.33. The van der Waals surface area contributed by atoms with Crippen molar-refractivity contribution in [2.45, 2.75) is 0 Å². The fraction of sp³-hybridized carbons (Fsp3) is 0. The maximum absolute atomic E-state index is 7.50. The first-order chi connectivity index (χ1) is 4.50. The van der Waals surface area contributed by atoms with E-state index in [1.54, 1.807) is 0 Å². The quantitative estimate of drug-likeness (QED) is 0.357. The van der Waals surface area contributed by atoms with E-state index in [4.69, 9.17) is 9.30 Å². The Morgan fingerprint density at radius 1 is 0.900 bits per heavy atom. The summed E-state index contributed by atoms with van der Waals surface area (Å²) < 4.78 is 15.0. The minimum atomic E-state index is 0. The van der Waals surface area contributed by atoms with Gasteiger partial charge in [0.25, 0.3) is 0 Å². The summed E-state index contributed by atoms with van der Waals surface area (Å²) in [6.07, 6.45) is 0. The van der Waals surface area contributed by atoms with Gasteiger partial charge in [0.05, 0.1) is 0 Å². The molecule has 0 aliphatic heterocycles. The molecule has 2 nitrogen and oxygen atoms in total. The van der Waals surface area contributed by atoms with E-state index in [0.717, 1.165) is 0 Å². The summed E-state index contributed by atoms with van der Waals surface area (Å²) >= 11 is 0. The molecule has 10 heavy (non-hydrogen) atoms. The van der Waals surface area contributed by atoms with E-state index in [-0.39, 0.29) is 21.1 Å². The minimum Gasteiger partial charge on any atom is -0.214 e. The number of hydrogen-bond donors (Lipinski definition) is 0. The van der Waals surface area contributed by atoms with Crippen LogP contribution in [-0.2, 0) is 30.4 Å². The largest absolute Gasteiger partial charge is 2.00 e. The first-order valence-electron chi connectivity index (χ1n) is 2.07. The molecular formula is C7H5MoO2+.